The molecular formula is C29H36N2OSi. The van der Waals surface area contributed by atoms with E-state index in [9.17, 15) is 4.79 Å². The second-order valence-electron chi connectivity index (χ2n) is 11.9. The summed E-state index contributed by atoms with van der Waals surface area (Å²) in [5.41, 5.74) is 9.07. The smallest absolute Gasteiger partial charge is 0.192 e. The number of likely N-dealkylation sites (N-methyl/N-ethyl adjacent to an activating group) is 2. The lowest BCUT2D eigenvalue weighted by molar-refractivity contribution is 0.104. The number of nitrogens with zero attached hydrogens (tertiary/aromatic N) is 2. The predicted molar refractivity (Wildman–Crippen MR) is 145 cm³/mol. The molecule has 0 saturated carbocycles. The SMILES string of the molecule is CC1=CC(C)(C)N(C)c2cc3c(cc21)C(=O)c1cc2c(cc1[Si]3(C)C)N(C)C(C)(C)C=C2C. The lowest BCUT2D eigenvalue weighted by Crippen LogP contribution is -2.60. The number of carbonyl (C=O) groups is 1. The molecule has 0 unspecified atom stereocenters. The minimum absolute atomic E-state index is 0.0508. The molecule has 0 atom stereocenters. The Bertz CT molecular complexity index is 1210. The Morgan fingerprint density at radius 1 is 0.667 bits per heavy atom. The van der Waals surface area contributed by atoms with E-state index in [0.29, 0.717) is 0 Å². The highest BCUT2D eigenvalue weighted by Crippen LogP contribution is 2.41. The molecule has 0 fully saturated rings. The van der Waals surface area contributed by atoms with Crippen molar-refractivity contribution in [2.24, 2.45) is 0 Å². The summed E-state index contributed by atoms with van der Waals surface area (Å²) in [5, 5.41) is 2.53. The van der Waals surface area contributed by atoms with Gasteiger partial charge >= 0.3 is 0 Å². The van der Waals surface area contributed by atoms with Crippen LogP contribution < -0.4 is 20.2 Å². The molecule has 0 aromatic heterocycles. The minimum Gasteiger partial charge on any atom is -0.366 e. The third-order valence-corrected chi connectivity index (χ3v) is 12.1. The molecular weight excluding hydrogens is 420 g/mol. The molecule has 2 aromatic carbocycles. The number of allylic oxidation sites excluding steroid dienone is 2. The van der Waals surface area contributed by atoms with Gasteiger partial charge in [0.05, 0.1) is 11.1 Å². The Hall–Kier alpha value is -2.59. The zero-order valence-corrected chi connectivity index (χ0v) is 22.8. The molecule has 0 radical (unpaired) electrons. The molecule has 4 heteroatoms. The molecule has 0 amide bonds. The topological polar surface area (TPSA) is 23.6 Å². The number of anilines is 2. The van der Waals surface area contributed by atoms with E-state index in [1.54, 1.807) is 0 Å². The summed E-state index contributed by atoms with van der Waals surface area (Å²) in [4.78, 5) is 18.7. The number of hydrogen-bond donors (Lipinski definition) is 0. The van der Waals surface area contributed by atoms with Crippen LogP contribution in [0.2, 0.25) is 13.1 Å². The van der Waals surface area contributed by atoms with Gasteiger partial charge in [0.2, 0.25) is 0 Å². The monoisotopic (exact) mass is 456 g/mol. The average Bonchev–Trinajstić information content (AvgIpc) is 2.72. The van der Waals surface area contributed by atoms with Gasteiger partial charge in [-0.15, -0.1) is 0 Å². The minimum atomic E-state index is -2.10. The molecule has 3 aliphatic rings. The summed E-state index contributed by atoms with van der Waals surface area (Å²) < 4.78 is 0. The molecule has 0 spiro atoms. The first kappa shape index (κ1) is 22.2. The van der Waals surface area contributed by atoms with Crippen LogP contribution in [0.4, 0.5) is 11.4 Å². The largest absolute Gasteiger partial charge is 0.366 e. The van der Waals surface area contributed by atoms with E-state index in [1.165, 1.54) is 44.0 Å². The molecule has 2 aromatic rings. The van der Waals surface area contributed by atoms with Gasteiger partial charge < -0.3 is 9.80 Å². The maximum Gasteiger partial charge on any atom is 0.192 e. The van der Waals surface area contributed by atoms with E-state index in [2.05, 4.69) is 115 Å². The Kier molecular flexibility index (Phi) is 4.38. The van der Waals surface area contributed by atoms with E-state index < -0.39 is 8.07 Å². The lowest BCUT2D eigenvalue weighted by Gasteiger charge is -2.44. The summed E-state index contributed by atoms with van der Waals surface area (Å²) in [5.74, 6) is 0.179. The Morgan fingerprint density at radius 2 is 1.03 bits per heavy atom. The standard InChI is InChI=1S/C29H36N2OSi/c1-17-15-28(3,4)30(7)23-13-25-21(11-19(17)23)27(32)22-12-20-18(2)16-29(5,6)31(8)24(20)14-26(22)33(25,9)10/h11-16H,1-10H3. The fourth-order valence-corrected chi connectivity index (χ4v) is 9.10. The molecule has 0 bridgehead atoms. The fraction of sp³-hybridized carbons (Fsp3) is 0.414. The molecule has 5 rings (SSSR count). The van der Waals surface area contributed by atoms with Gasteiger partial charge in [-0.3, -0.25) is 4.79 Å². The predicted octanol–water partition coefficient (Wildman–Crippen LogP) is 5.32. The first-order valence-corrected chi connectivity index (χ1v) is 15.0. The quantitative estimate of drug-likeness (QED) is 0.502. The van der Waals surface area contributed by atoms with E-state index in [4.69, 9.17) is 0 Å². The second-order valence-corrected chi connectivity index (χ2v) is 16.2. The van der Waals surface area contributed by atoms with Crippen molar-refractivity contribution in [3.63, 3.8) is 0 Å². The van der Waals surface area contributed by atoms with E-state index >= 15 is 0 Å². The van der Waals surface area contributed by atoms with Crippen LogP contribution in [-0.4, -0.2) is 39.0 Å². The van der Waals surface area contributed by atoms with Gasteiger partial charge in [-0.2, -0.15) is 0 Å². The van der Waals surface area contributed by atoms with Crippen molar-refractivity contribution in [3.05, 3.63) is 58.7 Å². The highest BCUT2D eigenvalue weighted by Gasteiger charge is 2.42. The molecule has 0 aliphatic carbocycles. The third-order valence-electron chi connectivity index (χ3n) is 8.55. The first-order chi connectivity index (χ1) is 15.2. The van der Waals surface area contributed by atoms with Crippen molar-refractivity contribution in [2.45, 2.75) is 65.7 Å². The Labute approximate surface area is 199 Å². The van der Waals surface area contributed by atoms with Crippen molar-refractivity contribution >= 4 is 46.8 Å². The zero-order chi connectivity index (χ0) is 24.2. The highest BCUT2D eigenvalue weighted by molar-refractivity contribution is 7.02. The van der Waals surface area contributed by atoms with Crippen LogP contribution in [0.1, 0.15) is 68.6 Å². The molecule has 3 aliphatic heterocycles. The summed E-state index contributed by atoms with van der Waals surface area (Å²) in [6.45, 7) is 18.2. The van der Waals surface area contributed by atoms with Crippen molar-refractivity contribution in [1.82, 2.24) is 0 Å². The Morgan fingerprint density at radius 3 is 1.39 bits per heavy atom. The van der Waals surface area contributed by atoms with Crippen LogP contribution in [0.3, 0.4) is 0 Å². The van der Waals surface area contributed by atoms with Crippen LogP contribution in [-0.2, 0) is 0 Å². The van der Waals surface area contributed by atoms with Crippen molar-refractivity contribution in [1.29, 1.82) is 0 Å². The van der Waals surface area contributed by atoms with Crippen molar-refractivity contribution < 1.29 is 4.79 Å². The van der Waals surface area contributed by atoms with Gasteiger partial charge in [0, 0.05) is 47.7 Å². The maximum absolute atomic E-state index is 14.0. The normalized spacial score (nSPS) is 21.5. The maximum atomic E-state index is 14.0. The van der Waals surface area contributed by atoms with Gasteiger partial charge in [-0.1, -0.05) is 25.2 Å². The summed E-state index contributed by atoms with van der Waals surface area (Å²) in [7, 11) is 2.24. The molecule has 33 heavy (non-hydrogen) atoms. The molecule has 172 valence electrons. The number of rotatable bonds is 0. The summed E-state index contributed by atoms with van der Waals surface area (Å²) in [6.07, 6.45) is 4.63. The average molecular weight is 457 g/mol. The van der Waals surface area contributed by atoms with Gasteiger partial charge in [0.25, 0.3) is 0 Å². The van der Waals surface area contributed by atoms with Gasteiger partial charge in [0.1, 0.15) is 8.07 Å². The van der Waals surface area contributed by atoms with Crippen LogP contribution >= 0.6 is 0 Å². The number of carbonyl (C=O) groups excluding carboxylic acids is 1. The lowest BCUT2D eigenvalue weighted by atomic mass is 9.86. The number of benzene rings is 2. The van der Waals surface area contributed by atoms with E-state index in [-0.39, 0.29) is 16.9 Å². The summed E-state index contributed by atoms with van der Waals surface area (Å²) in [6, 6.07) is 9.04. The van der Waals surface area contributed by atoms with Crippen molar-refractivity contribution in [2.75, 3.05) is 23.9 Å². The van der Waals surface area contributed by atoms with Crippen molar-refractivity contribution in [3.8, 4) is 0 Å². The number of hydrogen-bond acceptors (Lipinski definition) is 3. The van der Waals surface area contributed by atoms with Gasteiger partial charge in [-0.05, 0) is 87.3 Å². The van der Waals surface area contributed by atoms with Gasteiger partial charge in [0.15, 0.2) is 5.78 Å². The Balaban J connectivity index is 1.77. The third kappa shape index (κ3) is 2.89. The van der Waals surface area contributed by atoms with Crippen LogP contribution in [0.5, 0.6) is 0 Å². The molecule has 0 N–H and O–H groups in total. The second kappa shape index (κ2) is 6.50. The molecule has 0 saturated heterocycles. The zero-order valence-electron chi connectivity index (χ0n) is 21.8. The first-order valence-electron chi connectivity index (χ1n) is 12.0. The fourth-order valence-electron chi connectivity index (χ4n) is 6.09. The molecule has 3 nitrogen and oxygen atoms in total. The number of ketones is 1. The highest BCUT2D eigenvalue weighted by atomic mass is 28.3. The van der Waals surface area contributed by atoms with Gasteiger partial charge in [-0.25, -0.2) is 0 Å². The van der Waals surface area contributed by atoms with Crippen LogP contribution in [0.25, 0.3) is 11.1 Å². The molecule has 3 heterocycles. The van der Waals surface area contributed by atoms with Crippen LogP contribution in [0, 0.1) is 0 Å². The number of fused-ring (bicyclic) bond motifs is 4. The van der Waals surface area contributed by atoms with E-state index in [0.717, 1.165) is 11.1 Å². The summed E-state index contributed by atoms with van der Waals surface area (Å²) >= 11 is 0. The van der Waals surface area contributed by atoms with E-state index in [1.807, 2.05) is 0 Å². The van der Waals surface area contributed by atoms with Crippen LogP contribution in [0.15, 0.2) is 36.4 Å².